The number of hydrogen-bond donors (Lipinski definition) is 0. The number of morpholine rings is 1. The fraction of sp³-hybridized carbons (Fsp3) is 0.529. The average molecular weight is 328 g/mol. The van der Waals surface area contributed by atoms with E-state index in [4.69, 9.17) is 9.26 Å². The Balaban J connectivity index is 1.37. The fourth-order valence-corrected chi connectivity index (χ4v) is 3.55. The molecule has 24 heavy (non-hydrogen) atoms. The van der Waals surface area contributed by atoms with E-state index < -0.39 is 0 Å². The molecule has 2 aromatic heterocycles. The van der Waals surface area contributed by atoms with Gasteiger partial charge in [0, 0.05) is 25.6 Å². The minimum atomic E-state index is 0.146. The predicted molar refractivity (Wildman–Crippen MR) is 84.9 cm³/mol. The Labute approximate surface area is 140 Å². The molecule has 2 fully saturated rings. The molecule has 2 aromatic rings. The molecule has 7 heteroatoms. The zero-order valence-electron chi connectivity index (χ0n) is 13.4. The molecule has 1 amide bonds. The Morgan fingerprint density at radius 2 is 2.29 bits per heavy atom. The number of aryl methyl sites for hydroxylation is 1. The molecule has 2 aliphatic rings. The summed E-state index contributed by atoms with van der Waals surface area (Å²) in [4.78, 5) is 23.1. The highest BCUT2D eigenvalue weighted by Crippen LogP contribution is 2.30. The van der Waals surface area contributed by atoms with Gasteiger partial charge in [0.15, 0.2) is 0 Å². The Bertz CT molecular complexity index is 703. The fourth-order valence-electron chi connectivity index (χ4n) is 3.55. The van der Waals surface area contributed by atoms with Gasteiger partial charge >= 0.3 is 0 Å². The van der Waals surface area contributed by atoms with E-state index in [1.807, 2.05) is 23.1 Å². The van der Waals surface area contributed by atoms with E-state index in [0.717, 1.165) is 19.3 Å². The molecule has 0 bridgehead atoms. The second kappa shape index (κ2) is 6.68. The molecule has 1 aliphatic heterocycles. The third-order valence-electron chi connectivity index (χ3n) is 4.72. The first-order chi connectivity index (χ1) is 11.8. The minimum absolute atomic E-state index is 0.146. The van der Waals surface area contributed by atoms with Crippen LogP contribution in [0.3, 0.4) is 0 Å². The second-order valence-electron chi connectivity index (χ2n) is 6.22. The molecule has 1 aliphatic carbocycles. The van der Waals surface area contributed by atoms with Crippen molar-refractivity contribution in [3.05, 3.63) is 30.3 Å². The SMILES string of the molecule is O=C(CCc1nc(-c2ccccn2)no1)N1CCOC2CCCC21. The summed E-state index contributed by atoms with van der Waals surface area (Å²) in [6.45, 7) is 1.32. The van der Waals surface area contributed by atoms with Crippen molar-refractivity contribution in [2.75, 3.05) is 13.2 Å². The molecule has 1 saturated heterocycles. The lowest BCUT2D eigenvalue weighted by atomic mass is 10.1. The summed E-state index contributed by atoms with van der Waals surface area (Å²) in [7, 11) is 0. The number of carbonyl (C=O) groups excluding carboxylic acids is 1. The number of ether oxygens (including phenoxy) is 1. The van der Waals surface area contributed by atoms with Crippen molar-refractivity contribution < 1.29 is 14.1 Å². The largest absolute Gasteiger partial charge is 0.374 e. The van der Waals surface area contributed by atoms with Gasteiger partial charge in [0.1, 0.15) is 5.69 Å². The van der Waals surface area contributed by atoms with Gasteiger partial charge < -0.3 is 14.2 Å². The monoisotopic (exact) mass is 328 g/mol. The van der Waals surface area contributed by atoms with Crippen molar-refractivity contribution in [1.82, 2.24) is 20.0 Å². The maximum atomic E-state index is 12.6. The second-order valence-corrected chi connectivity index (χ2v) is 6.22. The zero-order valence-corrected chi connectivity index (χ0v) is 13.4. The normalized spacial score (nSPS) is 23.2. The summed E-state index contributed by atoms with van der Waals surface area (Å²) in [5.74, 6) is 1.08. The number of hydrogen-bond acceptors (Lipinski definition) is 6. The first-order valence-electron chi connectivity index (χ1n) is 8.46. The van der Waals surface area contributed by atoms with Crippen LogP contribution in [0.1, 0.15) is 31.6 Å². The van der Waals surface area contributed by atoms with E-state index in [9.17, 15) is 4.79 Å². The van der Waals surface area contributed by atoms with Crippen LogP contribution >= 0.6 is 0 Å². The number of pyridine rings is 1. The number of carbonyl (C=O) groups is 1. The Morgan fingerprint density at radius 1 is 1.33 bits per heavy atom. The summed E-state index contributed by atoms with van der Waals surface area (Å²) in [5, 5.41) is 3.94. The number of fused-ring (bicyclic) bond motifs is 1. The molecule has 0 spiro atoms. The van der Waals surface area contributed by atoms with Gasteiger partial charge in [-0.1, -0.05) is 11.2 Å². The Morgan fingerprint density at radius 3 is 3.17 bits per heavy atom. The summed E-state index contributed by atoms with van der Waals surface area (Å²) in [6, 6.07) is 5.78. The van der Waals surface area contributed by atoms with E-state index in [-0.39, 0.29) is 18.1 Å². The molecular weight excluding hydrogens is 308 g/mol. The van der Waals surface area contributed by atoms with E-state index >= 15 is 0 Å². The highest BCUT2D eigenvalue weighted by molar-refractivity contribution is 5.77. The van der Waals surface area contributed by atoms with Crippen molar-refractivity contribution in [2.24, 2.45) is 0 Å². The van der Waals surface area contributed by atoms with Crippen LogP contribution in [0.4, 0.5) is 0 Å². The predicted octanol–water partition coefficient (Wildman–Crippen LogP) is 1.84. The standard InChI is InChI=1S/C17H20N4O3/c22-16(21-10-11-23-14-6-3-5-13(14)21)8-7-15-19-17(20-24-15)12-4-1-2-9-18-12/h1-2,4,9,13-14H,3,5-8,10-11H2. The summed E-state index contributed by atoms with van der Waals surface area (Å²) in [5.41, 5.74) is 0.667. The first kappa shape index (κ1) is 15.3. The van der Waals surface area contributed by atoms with Crippen LogP contribution in [0.15, 0.2) is 28.9 Å². The topological polar surface area (TPSA) is 81.3 Å². The highest BCUT2D eigenvalue weighted by Gasteiger charge is 2.38. The van der Waals surface area contributed by atoms with E-state index in [1.54, 1.807) is 6.20 Å². The molecule has 2 unspecified atom stereocenters. The number of amides is 1. The number of nitrogens with zero attached hydrogens (tertiary/aromatic N) is 4. The van der Waals surface area contributed by atoms with Crippen molar-refractivity contribution in [3.8, 4) is 11.5 Å². The molecule has 1 saturated carbocycles. The minimum Gasteiger partial charge on any atom is -0.374 e. The zero-order chi connectivity index (χ0) is 16.4. The van der Waals surface area contributed by atoms with Crippen LogP contribution in [0.5, 0.6) is 0 Å². The van der Waals surface area contributed by atoms with Gasteiger partial charge in [0.25, 0.3) is 0 Å². The lowest BCUT2D eigenvalue weighted by Gasteiger charge is -2.37. The maximum Gasteiger partial charge on any atom is 0.227 e. The molecule has 2 atom stereocenters. The van der Waals surface area contributed by atoms with Gasteiger partial charge in [0.05, 0.1) is 18.8 Å². The van der Waals surface area contributed by atoms with Crippen LogP contribution < -0.4 is 0 Å². The maximum absolute atomic E-state index is 12.6. The molecule has 3 heterocycles. The van der Waals surface area contributed by atoms with Crippen LogP contribution in [0.25, 0.3) is 11.5 Å². The van der Waals surface area contributed by atoms with Gasteiger partial charge in [-0.05, 0) is 31.4 Å². The van der Waals surface area contributed by atoms with Crippen LogP contribution in [-0.2, 0) is 16.0 Å². The summed E-state index contributed by atoms with van der Waals surface area (Å²) in [6.07, 6.45) is 5.98. The van der Waals surface area contributed by atoms with E-state index in [1.165, 1.54) is 0 Å². The van der Waals surface area contributed by atoms with Crippen LogP contribution in [0.2, 0.25) is 0 Å². The number of rotatable bonds is 4. The lowest BCUT2D eigenvalue weighted by molar-refractivity contribution is -0.144. The van der Waals surface area contributed by atoms with Crippen molar-refractivity contribution in [1.29, 1.82) is 0 Å². The van der Waals surface area contributed by atoms with Gasteiger partial charge in [-0.3, -0.25) is 9.78 Å². The molecule has 4 rings (SSSR count). The van der Waals surface area contributed by atoms with Crippen LogP contribution in [0, 0.1) is 0 Å². The van der Waals surface area contributed by atoms with Gasteiger partial charge in [-0.25, -0.2) is 0 Å². The molecular formula is C17H20N4O3. The highest BCUT2D eigenvalue weighted by atomic mass is 16.5. The molecule has 126 valence electrons. The molecule has 0 radical (unpaired) electrons. The number of aromatic nitrogens is 3. The Kier molecular flexibility index (Phi) is 4.25. The first-order valence-corrected chi connectivity index (χ1v) is 8.46. The van der Waals surface area contributed by atoms with Crippen molar-refractivity contribution in [2.45, 2.75) is 44.2 Å². The molecule has 0 N–H and O–H groups in total. The molecule has 7 nitrogen and oxygen atoms in total. The third-order valence-corrected chi connectivity index (χ3v) is 4.72. The smallest absolute Gasteiger partial charge is 0.227 e. The van der Waals surface area contributed by atoms with E-state index in [2.05, 4.69) is 15.1 Å². The quantitative estimate of drug-likeness (QED) is 0.852. The van der Waals surface area contributed by atoms with Gasteiger partial charge in [-0.15, -0.1) is 0 Å². The van der Waals surface area contributed by atoms with Gasteiger partial charge in [0.2, 0.25) is 17.6 Å². The van der Waals surface area contributed by atoms with E-state index in [0.29, 0.717) is 43.4 Å². The molecule has 0 aromatic carbocycles. The summed E-state index contributed by atoms with van der Waals surface area (Å²) < 4.78 is 11.0. The Hall–Kier alpha value is -2.28. The summed E-state index contributed by atoms with van der Waals surface area (Å²) >= 11 is 0. The average Bonchev–Trinajstić information content (AvgIpc) is 3.29. The lowest BCUT2D eigenvalue weighted by Crippen LogP contribution is -2.51. The van der Waals surface area contributed by atoms with Crippen molar-refractivity contribution >= 4 is 5.91 Å². The van der Waals surface area contributed by atoms with Crippen molar-refractivity contribution in [3.63, 3.8) is 0 Å². The van der Waals surface area contributed by atoms with Gasteiger partial charge in [-0.2, -0.15) is 4.98 Å². The van der Waals surface area contributed by atoms with Crippen LogP contribution in [-0.4, -0.2) is 51.2 Å². The third kappa shape index (κ3) is 3.03.